The smallest absolute Gasteiger partial charge is 0.410 e. The molecular formula is C27H32Cl2N2O4. The summed E-state index contributed by atoms with van der Waals surface area (Å²) in [6.07, 6.45) is 3.58. The number of nitrogens with zero attached hydrogens (tertiary/aromatic N) is 2. The fourth-order valence-corrected chi connectivity index (χ4v) is 4.69. The molecule has 8 heteroatoms. The molecule has 0 bridgehead atoms. The molecular weight excluding hydrogens is 487 g/mol. The van der Waals surface area contributed by atoms with Gasteiger partial charge in [-0.3, -0.25) is 0 Å². The summed E-state index contributed by atoms with van der Waals surface area (Å²) in [5.74, 6) is 1.30. The van der Waals surface area contributed by atoms with Gasteiger partial charge in [-0.15, -0.1) is 0 Å². The van der Waals surface area contributed by atoms with Crippen molar-refractivity contribution in [3.8, 4) is 5.75 Å². The molecule has 188 valence electrons. The lowest BCUT2D eigenvalue weighted by Crippen LogP contribution is -2.41. The predicted molar refractivity (Wildman–Crippen MR) is 138 cm³/mol. The summed E-state index contributed by atoms with van der Waals surface area (Å²) in [6.45, 7) is 9.51. The number of carbonyl (C=O) groups excluding carboxylic acids is 1. The minimum Gasteiger partial charge on any atom is -0.488 e. The van der Waals surface area contributed by atoms with E-state index in [0.29, 0.717) is 22.6 Å². The average molecular weight is 519 g/mol. The molecule has 1 amide bonds. The van der Waals surface area contributed by atoms with Crippen LogP contribution in [-0.2, 0) is 17.8 Å². The summed E-state index contributed by atoms with van der Waals surface area (Å²) in [7, 11) is 0. The Morgan fingerprint density at radius 1 is 1.14 bits per heavy atom. The zero-order valence-electron chi connectivity index (χ0n) is 20.7. The van der Waals surface area contributed by atoms with Gasteiger partial charge in [0.2, 0.25) is 0 Å². The number of piperidine rings is 1. The molecule has 1 saturated heterocycles. The molecule has 1 fully saturated rings. The van der Waals surface area contributed by atoms with Crippen LogP contribution in [0.3, 0.4) is 0 Å². The van der Waals surface area contributed by atoms with Crippen LogP contribution in [0.1, 0.15) is 56.9 Å². The van der Waals surface area contributed by atoms with Crippen LogP contribution < -0.4 is 4.74 Å². The van der Waals surface area contributed by atoms with Crippen LogP contribution in [0.5, 0.6) is 5.75 Å². The molecule has 0 atom stereocenters. The molecule has 1 aliphatic heterocycles. The van der Waals surface area contributed by atoms with Crippen LogP contribution in [0.25, 0.3) is 11.0 Å². The minimum absolute atomic E-state index is 0.217. The maximum absolute atomic E-state index is 12.3. The van der Waals surface area contributed by atoms with E-state index < -0.39 is 5.60 Å². The number of amides is 1. The van der Waals surface area contributed by atoms with E-state index in [2.05, 4.69) is 5.16 Å². The number of benzene rings is 2. The standard InChI is InChI=1S/C27H32Cl2N2O4/c1-17-24(33-16-19-5-8-21(28)22(29)15-19)10-7-20-23(30-35-25(17)20)9-6-18-11-13-31(14-12-18)26(32)34-27(2,3)4/h5,7-8,10,15,18H,6,9,11-14,16H2,1-4H3. The summed E-state index contributed by atoms with van der Waals surface area (Å²) in [5, 5.41) is 6.41. The summed E-state index contributed by atoms with van der Waals surface area (Å²) in [4.78, 5) is 14.1. The molecule has 2 aromatic carbocycles. The number of carbonyl (C=O) groups is 1. The number of fused-ring (bicyclic) bond motifs is 1. The van der Waals surface area contributed by atoms with Crippen LogP contribution in [0.2, 0.25) is 10.0 Å². The van der Waals surface area contributed by atoms with E-state index in [0.717, 1.165) is 72.3 Å². The summed E-state index contributed by atoms with van der Waals surface area (Å²) < 4.78 is 17.2. The Bertz CT molecular complexity index is 1190. The van der Waals surface area contributed by atoms with E-state index in [1.54, 1.807) is 6.07 Å². The first-order valence-electron chi connectivity index (χ1n) is 12.0. The van der Waals surface area contributed by atoms with E-state index in [1.807, 2.05) is 56.9 Å². The lowest BCUT2D eigenvalue weighted by Gasteiger charge is -2.33. The van der Waals surface area contributed by atoms with Gasteiger partial charge in [0.1, 0.15) is 18.0 Å². The Balaban J connectivity index is 1.32. The van der Waals surface area contributed by atoms with Crippen molar-refractivity contribution < 1.29 is 18.8 Å². The highest BCUT2D eigenvalue weighted by Gasteiger charge is 2.27. The number of ether oxygens (including phenoxy) is 2. The van der Waals surface area contributed by atoms with Gasteiger partial charge in [0.25, 0.3) is 0 Å². The zero-order chi connectivity index (χ0) is 25.2. The molecule has 0 N–H and O–H groups in total. The Morgan fingerprint density at radius 3 is 2.57 bits per heavy atom. The normalized spacial score (nSPS) is 15.0. The maximum Gasteiger partial charge on any atom is 0.410 e. The zero-order valence-corrected chi connectivity index (χ0v) is 22.2. The number of hydrogen-bond acceptors (Lipinski definition) is 5. The van der Waals surface area contributed by atoms with Crippen molar-refractivity contribution in [3.63, 3.8) is 0 Å². The summed E-state index contributed by atoms with van der Waals surface area (Å²) in [5.41, 5.74) is 3.12. The van der Waals surface area contributed by atoms with Crippen LogP contribution in [0.15, 0.2) is 34.9 Å². The van der Waals surface area contributed by atoms with Crippen molar-refractivity contribution in [2.75, 3.05) is 13.1 Å². The highest BCUT2D eigenvalue weighted by molar-refractivity contribution is 6.42. The highest BCUT2D eigenvalue weighted by Crippen LogP contribution is 2.32. The van der Waals surface area contributed by atoms with E-state index in [1.165, 1.54) is 0 Å². The molecule has 0 aliphatic carbocycles. The Kier molecular flexibility index (Phi) is 7.82. The van der Waals surface area contributed by atoms with Gasteiger partial charge in [0, 0.05) is 24.0 Å². The fourth-order valence-electron chi connectivity index (χ4n) is 4.37. The molecule has 1 aliphatic rings. The van der Waals surface area contributed by atoms with E-state index in [9.17, 15) is 4.79 Å². The molecule has 0 spiro atoms. The van der Waals surface area contributed by atoms with E-state index in [4.69, 9.17) is 37.2 Å². The molecule has 0 saturated carbocycles. The van der Waals surface area contributed by atoms with Crippen molar-refractivity contribution in [3.05, 3.63) is 57.2 Å². The number of aromatic nitrogens is 1. The second-order valence-electron chi connectivity index (χ2n) is 10.2. The molecule has 6 nitrogen and oxygen atoms in total. The van der Waals surface area contributed by atoms with Gasteiger partial charge in [-0.25, -0.2) is 4.79 Å². The lowest BCUT2D eigenvalue weighted by molar-refractivity contribution is 0.0181. The monoisotopic (exact) mass is 518 g/mol. The lowest BCUT2D eigenvalue weighted by atomic mass is 9.91. The average Bonchev–Trinajstić information content (AvgIpc) is 3.22. The SMILES string of the molecule is Cc1c(OCc2ccc(Cl)c(Cl)c2)ccc2c(CCC3CCN(C(=O)OC(C)(C)C)CC3)noc12. The third kappa shape index (κ3) is 6.42. The van der Waals surface area contributed by atoms with Gasteiger partial charge < -0.3 is 18.9 Å². The van der Waals surface area contributed by atoms with Crippen molar-refractivity contribution in [1.29, 1.82) is 0 Å². The third-order valence-electron chi connectivity index (χ3n) is 6.35. The first-order valence-corrected chi connectivity index (χ1v) is 12.8. The number of likely N-dealkylation sites (tertiary alicyclic amines) is 1. The quantitative estimate of drug-likeness (QED) is 0.336. The second kappa shape index (κ2) is 10.7. The summed E-state index contributed by atoms with van der Waals surface area (Å²) >= 11 is 12.1. The van der Waals surface area contributed by atoms with Gasteiger partial charge >= 0.3 is 6.09 Å². The van der Waals surface area contributed by atoms with E-state index >= 15 is 0 Å². The van der Waals surface area contributed by atoms with Crippen LogP contribution in [0, 0.1) is 12.8 Å². The third-order valence-corrected chi connectivity index (χ3v) is 7.09. The molecule has 3 aromatic rings. The van der Waals surface area contributed by atoms with Crippen molar-refractivity contribution >= 4 is 40.3 Å². The van der Waals surface area contributed by atoms with Crippen LogP contribution in [0.4, 0.5) is 4.79 Å². The largest absolute Gasteiger partial charge is 0.488 e. The summed E-state index contributed by atoms with van der Waals surface area (Å²) in [6, 6.07) is 9.45. The number of aryl methyl sites for hydroxylation is 2. The molecule has 0 radical (unpaired) electrons. The first-order chi connectivity index (χ1) is 16.6. The Morgan fingerprint density at radius 2 is 1.89 bits per heavy atom. The topological polar surface area (TPSA) is 64.8 Å². The molecule has 35 heavy (non-hydrogen) atoms. The van der Waals surface area contributed by atoms with Gasteiger partial charge in [-0.1, -0.05) is 34.4 Å². The van der Waals surface area contributed by atoms with Gasteiger partial charge in [-0.2, -0.15) is 0 Å². The number of halogens is 2. The Hall–Kier alpha value is -2.44. The molecule has 0 unspecified atom stereocenters. The number of rotatable bonds is 6. The minimum atomic E-state index is -0.464. The van der Waals surface area contributed by atoms with Crippen molar-refractivity contribution in [2.45, 2.75) is 65.6 Å². The van der Waals surface area contributed by atoms with Gasteiger partial charge in [0.05, 0.1) is 15.7 Å². The molecule has 2 heterocycles. The Labute approximate surface area is 216 Å². The predicted octanol–water partition coefficient (Wildman–Crippen LogP) is 7.60. The molecule has 1 aromatic heterocycles. The van der Waals surface area contributed by atoms with Crippen LogP contribution in [-0.4, -0.2) is 34.8 Å². The molecule has 4 rings (SSSR count). The van der Waals surface area contributed by atoms with Gasteiger partial charge in [0.15, 0.2) is 5.58 Å². The van der Waals surface area contributed by atoms with Crippen molar-refractivity contribution in [1.82, 2.24) is 10.1 Å². The second-order valence-corrected chi connectivity index (χ2v) is 11.0. The van der Waals surface area contributed by atoms with E-state index in [-0.39, 0.29) is 6.09 Å². The van der Waals surface area contributed by atoms with Crippen LogP contribution >= 0.6 is 23.2 Å². The first kappa shape index (κ1) is 25.6. The number of hydrogen-bond donors (Lipinski definition) is 0. The van der Waals surface area contributed by atoms with Gasteiger partial charge in [-0.05, 0) is 89.1 Å². The highest BCUT2D eigenvalue weighted by atomic mass is 35.5. The van der Waals surface area contributed by atoms with Crippen molar-refractivity contribution in [2.24, 2.45) is 5.92 Å². The fraction of sp³-hybridized carbons (Fsp3) is 0.481. The maximum atomic E-state index is 12.3.